The Morgan fingerprint density at radius 3 is 2.18 bits per heavy atom. The normalized spacial score (nSPS) is 38.4. The van der Waals surface area contributed by atoms with Gasteiger partial charge in [-0.3, -0.25) is 9.59 Å². The van der Waals surface area contributed by atoms with Crippen LogP contribution in [0, 0.1) is 23.7 Å². The van der Waals surface area contributed by atoms with Crippen LogP contribution in [0.2, 0.25) is 0 Å². The fourth-order valence-electron chi connectivity index (χ4n) is 8.24. The van der Waals surface area contributed by atoms with Crippen LogP contribution < -0.4 is 4.74 Å². The highest BCUT2D eigenvalue weighted by Crippen LogP contribution is 2.40. The van der Waals surface area contributed by atoms with Crippen LogP contribution >= 0.6 is 0 Å². The number of nitrogens with zero attached hydrogens (tertiary/aromatic N) is 3. The van der Waals surface area contributed by atoms with Gasteiger partial charge in [0, 0.05) is 36.4 Å². The molecule has 3 rings (SSSR count). The van der Waals surface area contributed by atoms with Crippen molar-refractivity contribution >= 4 is 23.4 Å². The molecular weight excluding hydrogens is 722 g/mol. The number of carbonyl (C=O) groups excluding carboxylic acids is 2. The number of hydrogen-bond donors (Lipinski definition) is 3. The molecule has 3 N–H and O–H groups in total. The molecule has 0 spiro atoms. The number of aliphatic hydroxyl groups is 3. The van der Waals surface area contributed by atoms with Crippen molar-refractivity contribution in [2.45, 2.75) is 155 Å². The van der Waals surface area contributed by atoms with E-state index in [-0.39, 0.29) is 31.4 Å². The molecule has 2 heterocycles. The Hall–Kier alpha value is -2.98. The number of methoxy groups -OCH3 is 2. The van der Waals surface area contributed by atoms with Crippen molar-refractivity contribution in [1.29, 1.82) is 0 Å². The third-order valence-electron chi connectivity index (χ3n) is 11.7. The van der Waals surface area contributed by atoms with E-state index in [9.17, 15) is 24.9 Å². The van der Waals surface area contributed by atoms with Crippen LogP contribution in [0.1, 0.15) is 94.1 Å². The second-order valence-corrected chi connectivity index (χ2v) is 16.7. The first kappa shape index (κ1) is 47.4. The average Bonchev–Trinajstić information content (AvgIpc) is 3.14. The lowest BCUT2D eigenvalue weighted by molar-refractivity contribution is -0.301. The maximum absolute atomic E-state index is 14.2. The molecule has 2 fully saturated rings. The topological polar surface area (TPSA) is 178 Å². The first-order chi connectivity index (χ1) is 26.1. The van der Waals surface area contributed by atoms with Gasteiger partial charge < -0.3 is 48.6 Å². The maximum Gasteiger partial charge on any atom is 0.312 e. The van der Waals surface area contributed by atoms with Gasteiger partial charge in [-0.05, 0) is 98.5 Å². The predicted octanol–water partition coefficient (Wildman–Crippen LogP) is 4.58. The molecule has 0 saturated carbocycles. The van der Waals surface area contributed by atoms with E-state index in [1.54, 1.807) is 73.1 Å². The summed E-state index contributed by atoms with van der Waals surface area (Å²) in [7, 11) is 6.88. The lowest BCUT2D eigenvalue weighted by Crippen LogP contribution is -2.60. The summed E-state index contributed by atoms with van der Waals surface area (Å²) in [6.07, 6.45) is -6.23. The number of likely N-dealkylation sites (N-methyl/N-ethyl adjacent to an activating group) is 1. The summed E-state index contributed by atoms with van der Waals surface area (Å²) in [4.78, 5) is 30.0. The Bertz CT molecular complexity index is 1500. The molecule has 0 radical (unpaired) electrons. The minimum absolute atomic E-state index is 0.0981. The van der Waals surface area contributed by atoms with Crippen molar-refractivity contribution in [2.24, 2.45) is 33.9 Å². The van der Waals surface area contributed by atoms with Gasteiger partial charge in [-0.25, -0.2) is 0 Å². The molecule has 1 aromatic rings. The monoisotopic (exact) mass is 791 g/mol. The predicted molar refractivity (Wildman–Crippen MR) is 214 cm³/mol. The lowest BCUT2D eigenvalue weighted by atomic mass is 9.73. The molecule has 14 heteroatoms. The van der Waals surface area contributed by atoms with Gasteiger partial charge in [0.25, 0.3) is 0 Å². The lowest BCUT2D eigenvalue weighted by Gasteiger charge is -2.48. The zero-order chi connectivity index (χ0) is 42.3. The van der Waals surface area contributed by atoms with Crippen LogP contribution in [-0.2, 0) is 39.7 Å². The molecule has 0 aromatic heterocycles. The fourth-order valence-corrected chi connectivity index (χ4v) is 8.24. The van der Waals surface area contributed by atoms with E-state index in [2.05, 4.69) is 10.2 Å². The molecule has 56 heavy (non-hydrogen) atoms. The summed E-state index contributed by atoms with van der Waals surface area (Å²) in [5.74, 6) is -3.73. The molecular formula is C42H69N3O11. The SMILES string of the molecule is CC[C@H]1OC(=O)[C@H](C)[C@@H](OC(=O)Cc2ccc(OC)cc2)[C@H](C)[C@@H](OC2OC(C)CC(N(C)C)C2O)[C@](C)(OC)C[C@@H](C)/C(=N\N=C(C)C)[C@H](C)[C@@H](O)[C@]1(C)O. The average molecular weight is 792 g/mol. The Labute approximate surface area is 333 Å². The number of rotatable bonds is 10. The van der Waals surface area contributed by atoms with Gasteiger partial charge in [0.05, 0.1) is 43.4 Å². The first-order valence-electron chi connectivity index (χ1n) is 19.8. The molecule has 0 amide bonds. The first-order valence-corrected chi connectivity index (χ1v) is 19.8. The van der Waals surface area contributed by atoms with E-state index in [0.717, 1.165) is 0 Å². The highest BCUT2D eigenvalue weighted by molar-refractivity contribution is 5.90. The number of cyclic esters (lactones) is 1. The van der Waals surface area contributed by atoms with Gasteiger partial charge in [0.1, 0.15) is 29.7 Å². The Morgan fingerprint density at radius 1 is 1.02 bits per heavy atom. The van der Waals surface area contributed by atoms with E-state index in [1.807, 2.05) is 46.7 Å². The largest absolute Gasteiger partial charge is 0.497 e. The molecule has 0 aliphatic carbocycles. The molecule has 318 valence electrons. The second-order valence-electron chi connectivity index (χ2n) is 16.7. The highest BCUT2D eigenvalue weighted by Gasteiger charge is 2.52. The van der Waals surface area contributed by atoms with E-state index < -0.39 is 83.6 Å². The smallest absolute Gasteiger partial charge is 0.312 e. The van der Waals surface area contributed by atoms with E-state index >= 15 is 0 Å². The van der Waals surface area contributed by atoms with Gasteiger partial charge in [0.15, 0.2) is 6.29 Å². The molecule has 0 bridgehead atoms. The van der Waals surface area contributed by atoms with E-state index in [0.29, 0.717) is 29.2 Å². The van der Waals surface area contributed by atoms with Crippen molar-refractivity contribution < 1.29 is 53.3 Å². The summed E-state index contributed by atoms with van der Waals surface area (Å²) < 4.78 is 37.1. The molecule has 14 nitrogen and oxygen atoms in total. The molecule has 4 unspecified atom stereocenters. The van der Waals surface area contributed by atoms with Crippen LogP contribution in [0.25, 0.3) is 0 Å². The number of carbonyl (C=O) groups is 2. The standard InChI is InChI=1S/C42H69N3O11/c1-15-32-42(10,50)37(48)26(6)34(44-43-23(2)3)24(4)22-41(9,52-14)38(56-40-35(47)31(45(11)12)20-25(5)53-40)27(7)36(28(8)39(49)54-32)55-33(46)21-29-16-18-30(51-13)19-17-29/h16-19,24-28,31-32,35-38,40,47-48,50H,15,20-22H2,1-14H3/b44-34+/t24-,25?,26+,27+,28-,31?,32-,35?,36+,37-,38-,40?,41-,42-/m1/s1. The summed E-state index contributed by atoms with van der Waals surface area (Å²) in [6, 6.07) is 6.73. The minimum atomic E-state index is -1.91. The third kappa shape index (κ3) is 11.4. The molecule has 14 atom stereocenters. The van der Waals surface area contributed by atoms with Crippen molar-refractivity contribution in [1.82, 2.24) is 4.90 Å². The Morgan fingerprint density at radius 2 is 1.64 bits per heavy atom. The van der Waals surface area contributed by atoms with E-state index in [1.165, 1.54) is 6.92 Å². The number of aliphatic hydroxyl groups excluding tert-OH is 2. The molecule has 2 aliphatic heterocycles. The van der Waals surface area contributed by atoms with Crippen molar-refractivity contribution in [2.75, 3.05) is 28.3 Å². The van der Waals surface area contributed by atoms with Gasteiger partial charge in [0.2, 0.25) is 0 Å². The summed E-state index contributed by atoms with van der Waals surface area (Å²) in [6.45, 7) is 17.7. The van der Waals surface area contributed by atoms with Crippen molar-refractivity contribution in [3.05, 3.63) is 29.8 Å². The quantitative estimate of drug-likeness (QED) is 0.171. The van der Waals surface area contributed by atoms with Gasteiger partial charge in [-0.1, -0.05) is 39.8 Å². The number of benzene rings is 1. The van der Waals surface area contributed by atoms with Crippen LogP contribution in [0.15, 0.2) is 34.5 Å². The third-order valence-corrected chi connectivity index (χ3v) is 11.7. The summed E-state index contributed by atoms with van der Waals surface area (Å²) in [5.41, 5.74) is -1.28. The molecule has 2 saturated heterocycles. The zero-order valence-electron chi connectivity index (χ0n) is 36.0. The van der Waals surface area contributed by atoms with Crippen LogP contribution in [0.3, 0.4) is 0 Å². The van der Waals surface area contributed by atoms with Gasteiger partial charge >= 0.3 is 11.9 Å². The number of ether oxygens (including phenoxy) is 6. The van der Waals surface area contributed by atoms with Crippen molar-refractivity contribution in [3.8, 4) is 5.75 Å². The Balaban J connectivity index is 2.26. The zero-order valence-corrected chi connectivity index (χ0v) is 36.0. The fraction of sp³-hybridized carbons (Fsp3) is 0.762. The van der Waals surface area contributed by atoms with E-state index in [4.69, 9.17) is 28.4 Å². The van der Waals surface area contributed by atoms with Crippen LogP contribution in [0.4, 0.5) is 0 Å². The van der Waals surface area contributed by atoms with Gasteiger partial charge in [-0.2, -0.15) is 10.2 Å². The van der Waals surface area contributed by atoms with Gasteiger partial charge in [-0.15, -0.1) is 0 Å². The van der Waals surface area contributed by atoms with Crippen LogP contribution in [0.5, 0.6) is 5.75 Å². The second kappa shape index (κ2) is 20.1. The number of esters is 2. The molecule has 1 aromatic carbocycles. The Kier molecular flexibility index (Phi) is 17.0. The van der Waals surface area contributed by atoms with Crippen LogP contribution in [-0.4, -0.2) is 132 Å². The summed E-state index contributed by atoms with van der Waals surface area (Å²) >= 11 is 0. The van der Waals surface area contributed by atoms with Crippen molar-refractivity contribution in [3.63, 3.8) is 0 Å². The minimum Gasteiger partial charge on any atom is -0.497 e. The molecule has 2 aliphatic rings. The number of hydrogen-bond acceptors (Lipinski definition) is 14. The highest BCUT2D eigenvalue weighted by atomic mass is 16.7. The summed E-state index contributed by atoms with van der Waals surface area (Å²) in [5, 5.41) is 44.4. The maximum atomic E-state index is 14.2.